The van der Waals surface area contributed by atoms with Crippen molar-refractivity contribution >= 4 is 29.9 Å². The molecule has 1 amide bonds. The highest BCUT2D eigenvalue weighted by molar-refractivity contribution is 14.0. The molecule has 0 bridgehead atoms. The van der Waals surface area contributed by atoms with Gasteiger partial charge in [0, 0.05) is 38.4 Å². The van der Waals surface area contributed by atoms with Gasteiger partial charge in [-0.2, -0.15) is 5.26 Å². The second-order valence-electron chi connectivity index (χ2n) is 5.74. The molecule has 1 aromatic carbocycles. The van der Waals surface area contributed by atoms with E-state index in [-0.39, 0.29) is 42.0 Å². The smallest absolute Gasteiger partial charge is 0.224 e. The maximum absolute atomic E-state index is 12.1. The van der Waals surface area contributed by atoms with Crippen molar-refractivity contribution in [1.29, 1.82) is 5.26 Å². The van der Waals surface area contributed by atoms with Gasteiger partial charge in [-0.05, 0) is 29.3 Å². The van der Waals surface area contributed by atoms with Gasteiger partial charge in [0.05, 0.1) is 17.7 Å². The molecule has 2 aromatic rings. The predicted octanol–water partition coefficient (Wildman–Crippen LogP) is 2.63. The van der Waals surface area contributed by atoms with Crippen molar-refractivity contribution in [1.82, 2.24) is 15.2 Å². The maximum atomic E-state index is 12.1. The second kappa shape index (κ2) is 8.22. The molecule has 1 aliphatic rings. The fraction of sp³-hybridized carbons (Fsp3) is 0.278. The van der Waals surface area contributed by atoms with E-state index in [0.29, 0.717) is 18.5 Å². The van der Waals surface area contributed by atoms with Crippen LogP contribution in [-0.4, -0.2) is 28.9 Å². The van der Waals surface area contributed by atoms with Crippen molar-refractivity contribution in [2.75, 3.05) is 7.05 Å². The standard InChI is InChI=1S/C18H18N4O.HI/c1-22-17(23)9-16(18(22)15-6-3-7-20-12-15)21-11-14-5-2-4-13(8-14)10-19;/h2-8,12,16,18,21H,9,11H2,1H3;1H/t16-,18+;/m1./s1. The van der Waals surface area contributed by atoms with E-state index < -0.39 is 0 Å². The van der Waals surface area contributed by atoms with Crippen LogP contribution in [0.3, 0.4) is 0 Å². The minimum atomic E-state index is -0.0182. The van der Waals surface area contributed by atoms with Crippen LogP contribution >= 0.6 is 24.0 Å². The molecule has 0 spiro atoms. The Bertz CT molecular complexity index is 744. The summed E-state index contributed by atoms with van der Waals surface area (Å²) in [7, 11) is 1.83. The molecule has 6 heteroatoms. The fourth-order valence-corrected chi connectivity index (χ4v) is 3.06. The minimum absolute atomic E-state index is 0. The van der Waals surface area contributed by atoms with Crippen LogP contribution in [-0.2, 0) is 11.3 Å². The minimum Gasteiger partial charge on any atom is -0.337 e. The lowest BCUT2D eigenvalue weighted by molar-refractivity contribution is -0.127. The summed E-state index contributed by atoms with van der Waals surface area (Å²) < 4.78 is 0. The molecule has 3 rings (SSSR count). The number of hydrogen-bond donors (Lipinski definition) is 1. The molecular weight excluding hydrogens is 415 g/mol. The molecule has 0 saturated carbocycles. The molecule has 1 aliphatic heterocycles. The summed E-state index contributed by atoms with van der Waals surface area (Å²) in [6.45, 7) is 0.623. The Kier molecular flexibility index (Phi) is 6.29. The van der Waals surface area contributed by atoms with Crippen LogP contribution < -0.4 is 5.32 Å². The van der Waals surface area contributed by atoms with E-state index in [2.05, 4.69) is 16.4 Å². The van der Waals surface area contributed by atoms with E-state index in [1.54, 1.807) is 17.2 Å². The highest BCUT2D eigenvalue weighted by Gasteiger charge is 2.38. The van der Waals surface area contributed by atoms with Gasteiger partial charge in [-0.1, -0.05) is 18.2 Å². The summed E-state index contributed by atoms with van der Waals surface area (Å²) in [4.78, 5) is 18.0. The first-order valence-electron chi connectivity index (χ1n) is 7.57. The fourth-order valence-electron chi connectivity index (χ4n) is 3.06. The Morgan fingerprint density at radius 2 is 2.21 bits per heavy atom. The molecule has 24 heavy (non-hydrogen) atoms. The SMILES string of the molecule is CN1C(=O)C[C@@H](NCc2cccc(C#N)c2)[C@@H]1c1cccnc1.I. The van der Waals surface area contributed by atoms with Crippen LogP contribution in [0.2, 0.25) is 0 Å². The largest absolute Gasteiger partial charge is 0.337 e. The van der Waals surface area contributed by atoms with Crippen molar-refractivity contribution in [2.45, 2.75) is 25.0 Å². The highest BCUT2D eigenvalue weighted by atomic mass is 127. The first-order chi connectivity index (χ1) is 11.2. The average Bonchev–Trinajstić information content (AvgIpc) is 2.88. The van der Waals surface area contributed by atoms with Crippen LogP contribution in [0.1, 0.15) is 29.2 Å². The Morgan fingerprint density at radius 3 is 2.92 bits per heavy atom. The molecule has 1 saturated heterocycles. The van der Waals surface area contributed by atoms with Crippen LogP contribution in [0.5, 0.6) is 0 Å². The van der Waals surface area contributed by atoms with E-state index in [1.165, 1.54) is 0 Å². The van der Waals surface area contributed by atoms with Crippen LogP contribution in [0.15, 0.2) is 48.8 Å². The molecule has 5 nitrogen and oxygen atoms in total. The van der Waals surface area contributed by atoms with Gasteiger partial charge in [-0.15, -0.1) is 24.0 Å². The van der Waals surface area contributed by atoms with Gasteiger partial charge < -0.3 is 10.2 Å². The molecule has 2 atom stereocenters. The number of likely N-dealkylation sites (tertiary alicyclic amines) is 1. The Labute approximate surface area is 158 Å². The number of carbonyl (C=O) groups is 1. The zero-order valence-corrected chi connectivity index (χ0v) is 15.7. The van der Waals surface area contributed by atoms with E-state index >= 15 is 0 Å². The predicted molar refractivity (Wildman–Crippen MR) is 102 cm³/mol. The maximum Gasteiger partial charge on any atom is 0.224 e. The quantitative estimate of drug-likeness (QED) is 0.752. The van der Waals surface area contributed by atoms with Crippen molar-refractivity contribution < 1.29 is 4.79 Å². The number of nitriles is 1. The summed E-state index contributed by atoms with van der Waals surface area (Å²) in [5.74, 6) is 0.127. The number of aromatic nitrogens is 1. The Morgan fingerprint density at radius 1 is 1.38 bits per heavy atom. The molecule has 1 aromatic heterocycles. The number of hydrogen-bond acceptors (Lipinski definition) is 4. The molecular formula is C18H19IN4O. The lowest BCUT2D eigenvalue weighted by Gasteiger charge is -2.25. The molecule has 124 valence electrons. The zero-order valence-electron chi connectivity index (χ0n) is 13.3. The number of amides is 1. The molecule has 0 unspecified atom stereocenters. The molecule has 2 heterocycles. The number of nitrogens with zero attached hydrogens (tertiary/aromatic N) is 3. The summed E-state index contributed by atoms with van der Waals surface area (Å²) >= 11 is 0. The van der Waals surface area contributed by atoms with Crippen LogP contribution in [0.25, 0.3) is 0 Å². The van der Waals surface area contributed by atoms with Gasteiger partial charge in [-0.3, -0.25) is 9.78 Å². The van der Waals surface area contributed by atoms with E-state index in [0.717, 1.165) is 11.1 Å². The molecule has 1 N–H and O–H groups in total. The van der Waals surface area contributed by atoms with Crippen molar-refractivity contribution in [2.24, 2.45) is 0 Å². The lowest BCUT2D eigenvalue weighted by Crippen LogP contribution is -2.34. The van der Waals surface area contributed by atoms with E-state index in [4.69, 9.17) is 5.26 Å². The number of halogens is 1. The molecule has 1 fully saturated rings. The number of pyridine rings is 1. The summed E-state index contributed by atoms with van der Waals surface area (Å²) in [5, 5.41) is 12.4. The van der Waals surface area contributed by atoms with Gasteiger partial charge in [-0.25, -0.2) is 0 Å². The number of nitrogens with one attached hydrogen (secondary N) is 1. The molecule has 0 aliphatic carbocycles. The first-order valence-corrected chi connectivity index (χ1v) is 7.57. The Hall–Kier alpha value is -1.98. The van der Waals surface area contributed by atoms with Crippen molar-refractivity contribution in [3.8, 4) is 6.07 Å². The third-order valence-corrected chi connectivity index (χ3v) is 4.24. The first kappa shape index (κ1) is 18.4. The zero-order chi connectivity index (χ0) is 16.2. The average molecular weight is 434 g/mol. The normalized spacial score (nSPS) is 19.7. The van der Waals surface area contributed by atoms with Crippen molar-refractivity contribution in [3.63, 3.8) is 0 Å². The number of carbonyl (C=O) groups excluding carboxylic acids is 1. The topological polar surface area (TPSA) is 69.0 Å². The summed E-state index contributed by atoms with van der Waals surface area (Å²) in [5.41, 5.74) is 2.72. The van der Waals surface area contributed by atoms with Crippen molar-refractivity contribution in [3.05, 3.63) is 65.5 Å². The van der Waals surface area contributed by atoms with Gasteiger partial charge >= 0.3 is 0 Å². The van der Waals surface area contributed by atoms with Crippen LogP contribution in [0, 0.1) is 11.3 Å². The van der Waals surface area contributed by atoms with Gasteiger partial charge in [0.25, 0.3) is 0 Å². The molecule has 0 radical (unpaired) electrons. The van der Waals surface area contributed by atoms with Crippen LogP contribution in [0.4, 0.5) is 0 Å². The van der Waals surface area contributed by atoms with Gasteiger partial charge in [0.2, 0.25) is 5.91 Å². The number of likely N-dealkylation sites (N-methyl/N-ethyl adjacent to an activating group) is 1. The monoisotopic (exact) mass is 434 g/mol. The lowest BCUT2D eigenvalue weighted by atomic mass is 10.0. The van der Waals surface area contributed by atoms with Gasteiger partial charge in [0.1, 0.15) is 0 Å². The summed E-state index contributed by atoms with van der Waals surface area (Å²) in [6, 6.07) is 13.6. The van der Waals surface area contributed by atoms with E-state index in [9.17, 15) is 4.79 Å². The Balaban J connectivity index is 0.00000208. The second-order valence-corrected chi connectivity index (χ2v) is 5.74. The third kappa shape index (κ3) is 3.91. The number of benzene rings is 1. The van der Waals surface area contributed by atoms with Gasteiger partial charge in [0.15, 0.2) is 0 Å². The van der Waals surface area contributed by atoms with E-state index in [1.807, 2.05) is 43.6 Å². The number of rotatable bonds is 4. The highest BCUT2D eigenvalue weighted by Crippen LogP contribution is 2.31. The third-order valence-electron chi connectivity index (χ3n) is 4.24. The summed E-state index contributed by atoms with van der Waals surface area (Å²) in [6.07, 6.45) is 4.01.